The molecular weight excluding hydrogens is 266 g/mol. The molecule has 2 atom stereocenters. The van der Waals surface area contributed by atoms with Gasteiger partial charge in [0.05, 0.1) is 17.5 Å². The van der Waals surface area contributed by atoms with E-state index < -0.39 is 5.60 Å². The summed E-state index contributed by atoms with van der Waals surface area (Å²) in [5, 5.41) is 15.8. The van der Waals surface area contributed by atoms with Gasteiger partial charge in [-0.25, -0.2) is 9.78 Å². The predicted molar refractivity (Wildman–Crippen MR) is 76.3 cm³/mol. The van der Waals surface area contributed by atoms with Crippen LogP contribution in [0.25, 0.3) is 0 Å². The molecule has 0 radical (unpaired) electrons. The number of aromatic nitrogens is 1. The molecule has 19 heavy (non-hydrogen) atoms. The van der Waals surface area contributed by atoms with Gasteiger partial charge < -0.3 is 15.7 Å². The smallest absolute Gasteiger partial charge is 0.319 e. The first-order chi connectivity index (χ1) is 8.85. The van der Waals surface area contributed by atoms with Crippen molar-refractivity contribution in [2.75, 3.05) is 11.9 Å². The Hall–Kier alpha value is -1.33. The lowest BCUT2D eigenvalue weighted by atomic mass is 9.89. The number of aliphatic hydroxyl groups is 1. The van der Waals surface area contributed by atoms with E-state index in [0.717, 1.165) is 6.42 Å². The van der Waals surface area contributed by atoms with E-state index in [1.54, 1.807) is 19.1 Å². The lowest BCUT2D eigenvalue weighted by Crippen LogP contribution is -2.46. The zero-order valence-corrected chi connectivity index (χ0v) is 12.2. The first-order valence-electron chi connectivity index (χ1n) is 6.24. The molecule has 1 rings (SSSR count). The van der Waals surface area contributed by atoms with Crippen molar-refractivity contribution in [1.29, 1.82) is 0 Å². The summed E-state index contributed by atoms with van der Waals surface area (Å²) in [4.78, 5) is 15.5. The summed E-state index contributed by atoms with van der Waals surface area (Å²) in [6, 6.07) is 2.86. The Morgan fingerprint density at radius 3 is 2.79 bits per heavy atom. The van der Waals surface area contributed by atoms with E-state index in [1.165, 1.54) is 6.20 Å². The number of nitrogens with zero attached hydrogens (tertiary/aromatic N) is 1. The lowest BCUT2D eigenvalue weighted by Gasteiger charge is -2.29. The van der Waals surface area contributed by atoms with E-state index in [9.17, 15) is 9.90 Å². The van der Waals surface area contributed by atoms with E-state index in [1.807, 2.05) is 13.8 Å². The number of amides is 2. The van der Waals surface area contributed by atoms with Gasteiger partial charge in [0.25, 0.3) is 0 Å². The number of halogens is 1. The van der Waals surface area contributed by atoms with Crippen molar-refractivity contribution in [1.82, 2.24) is 10.3 Å². The predicted octanol–water partition coefficient (Wildman–Crippen LogP) is 2.65. The van der Waals surface area contributed by atoms with E-state index in [2.05, 4.69) is 15.6 Å². The number of urea groups is 1. The highest BCUT2D eigenvalue weighted by atomic mass is 35.5. The monoisotopic (exact) mass is 285 g/mol. The van der Waals surface area contributed by atoms with Crippen molar-refractivity contribution in [3.8, 4) is 0 Å². The van der Waals surface area contributed by atoms with Gasteiger partial charge in [-0.3, -0.25) is 0 Å². The second-order valence-electron chi connectivity index (χ2n) is 4.84. The summed E-state index contributed by atoms with van der Waals surface area (Å²) in [6.07, 6.45) is 2.31. The maximum atomic E-state index is 11.7. The minimum atomic E-state index is -0.926. The van der Waals surface area contributed by atoms with Gasteiger partial charge in [0.1, 0.15) is 5.15 Å². The molecule has 0 fully saturated rings. The third-order valence-electron chi connectivity index (χ3n) is 3.27. The topological polar surface area (TPSA) is 74.2 Å². The molecule has 5 nitrogen and oxygen atoms in total. The van der Waals surface area contributed by atoms with Gasteiger partial charge >= 0.3 is 6.03 Å². The average Bonchev–Trinajstić information content (AvgIpc) is 2.38. The van der Waals surface area contributed by atoms with Crippen LogP contribution in [0.3, 0.4) is 0 Å². The van der Waals surface area contributed by atoms with Crippen LogP contribution in [0.5, 0.6) is 0 Å². The molecule has 0 saturated carbocycles. The number of nitrogens with one attached hydrogen (secondary N) is 2. The molecule has 106 valence electrons. The number of hydrogen-bond acceptors (Lipinski definition) is 3. The molecule has 0 spiro atoms. The Labute approximate surface area is 118 Å². The third-order valence-corrected chi connectivity index (χ3v) is 3.49. The molecule has 0 aliphatic heterocycles. The Balaban J connectivity index is 2.46. The number of anilines is 1. The molecule has 1 heterocycles. The van der Waals surface area contributed by atoms with E-state index in [4.69, 9.17) is 11.6 Å². The Morgan fingerprint density at radius 2 is 2.26 bits per heavy atom. The van der Waals surface area contributed by atoms with Gasteiger partial charge in [0.15, 0.2) is 0 Å². The van der Waals surface area contributed by atoms with E-state index in [-0.39, 0.29) is 18.5 Å². The molecule has 1 aromatic heterocycles. The van der Waals surface area contributed by atoms with Crippen molar-refractivity contribution in [2.45, 2.75) is 32.8 Å². The number of pyridine rings is 1. The summed E-state index contributed by atoms with van der Waals surface area (Å²) in [5.74, 6) is 0.102. The summed E-state index contributed by atoms with van der Waals surface area (Å²) in [5.41, 5.74) is -0.380. The SMILES string of the molecule is CCC(C)C(C)(O)CNC(=O)Nc1ccc(Cl)nc1. The summed E-state index contributed by atoms with van der Waals surface area (Å²) < 4.78 is 0. The molecule has 2 unspecified atom stereocenters. The van der Waals surface area contributed by atoms with Crippen LogP contribution < -0.4 is 10.6 Å². The van der Waals surface area contributed by atoms with Crippen LogP contribution in [0.2, 0.25) is 5.15 Å². The van der Waals surface area contributed by atoms with Crippen molar-refractivity contribution in [2.24, 2.45) is 5.92 Å². The zero-order chi connectivity index (χ0) is 14.5. The van der Waals surface area contributed by atoms with Gasteiger partial charge in [-0.05, 0) is 25.0 Å². The first kappa shape index (κ1) is 15.7. The third kappa shape index (κ3) is 5.04. The largest absolute Gasteiger partial charge is 0.388 e. The molecule has 6 heteroatoms. The molecule has 0 saturated heterocycles. The van der Waals surface area contributed by atoms with Gasteiger partial charge in [0, 0.05) is 6.54 Å². The highest BCUT2D eigenvalue weighted by Crippen LogP contribution is 2.18. The van der Waals surface area contributed by atoms with Crippen molar-refractivity contribution >= 4 is 23.3 Å². The Kier molecular flexibility index (Phi) is 5.57. The molecule has 0 aromatic carbocycles. The fraction of sp³-hybridized carbons (Fsp3) is 0.538. The van der Waals surface area contributed by atoms with Crippen LogP contribution in [0, 0.1) is 5.92 Å². The number of carbonyl (C=O) groups excluding carboxylic acids is 1. The minimum absolute atomic E-state index is 0.102. The second kappa shape index (κ2) is 6.73. The number of rotatable bonds is 5. The average molecular weight is 286 g/mol. The summed E-state index contributed by atoms with van der Waals surface area (Å²) in [7, 11) is 0. The minimum Gasteiger partial charge on any atom is -0.388 e. The zero-order valence-electron chi connectivity index (χ0n) is 11.4. The second-order valence-corrected chi connectivity index (χ2v) is 5.23. The normalized spacial score (nSPS) is 15.4. The van der Waals surface area contributed by atoms with E-state index >= 15 is 0 Å². The summed E-state index contributed by atoms with van der Waals surface area (Å²) >= 11 is 5.65. The molecule has 1 aromatic rings. The fourth-order valence-corrected chi connectivity index (χ4v) is 1.61. The van der Waals surface area contributed by atoms with Crippen LogP contribution in [-0.2, 0) is 0 Å². The van der Waals surface area contributed by atoms with Crippen molar-refractivity contribution in [3.05, 3.63) is 23.5 Å². The van der Waals surface area contributed by atoms with Crippen molar-refractivity contribution in [3.63, 3.8) is 0 Å². The summed E-state index contributed by atoms with van der Waals surface area (Å²) in [6.45, 7) is 5.85. The molecule has 0 bridgehead atoms. The van der Waals surface area contributed by atoms with Crippen LogP contribution in [0.15, 0.2) is 18.3 Å². The first-order valence-corrected chi connectivity index (χ1v) is 6.61. The lowest BCUT2D eigenvalue weighted by molar-refractivity contribution is 0.00827. The Morgan fingerprint density at radius 1 is 1.58 bits per heavy atom. The van der Waals surface area contributed by atoms with Crippen LogP contribution in [-0.4, -0.2) is 28.3 Å². The molecular formula is C13H20ClN3O2. The van der Waals surface area contributed by atoms with Gasteiger partial charge in [-0.15, -0.1) is 0 Å². The van der Waals surface area contributed by atoms with Crippen LogP contribution >= 0.6 is 11.6 Å². The molecule has 3 N–H and O–H groups in total. The molecule has 2 amide bonds. The van der Waals surface area contributed by atoms with Gasteiger partial charge in [0.2, 0.25) is 0 Å². The van der Waals surface area contributed by atoms with Crippen molar-refractivity contribution < 1.29 is 9.90 Å². The standard InChI is InChI=1S/C13H20ClN3O2/c1-4-9(2)13(3,19)8-16-12(18)17-10-5-6-11(14)15-7-10/h5-7,9,19H,4,8H2,1-3H3,(H2,16,17,18). The maximum absolute atomic E-state index is 11.7. The number of hydrogen-bond donors (Lipinski definition) is 3. The quantitative estimate of drug-likeness (QED) is 0.728. The highest BCUT2D eigenvalue weighted by molar-refractivity contribution is 6.29. The van der Waals surface area contributed by atoms with Crippen LogP contribution in [0.1, 0.15) is 27.2 Å². The Bertz CT molecular complexity index is 420. The molecule has 0 aliphatic carbocycles. The van der Waals surface area contributed by atoms with E-state index in [0.29, 0.717) is 10.8 Å². The molecule has 0 aliphatic rings. The van der Waals surface area contributed by atoms with Gasteiger partial charge in [-0.2, -0.15) is 0 Å². The fourth-order valence-electron chi connectivity index (χ4n) is 1.50. The van der Waals surface area contributed by atoms with Crippen LogP contribution in [0.4, 0.5) is 10.5 Å². The maximum Gasteiger partial charge on any atom is 0.319 e. The highest BCUT2D eigenvalue weighted by Gasteiger charge is 2.27. The number of carbonyl (C=O) groups is 1. The van der Waals surface area contributed by atoms with Gasteiger partial charge in [-0.1, -0.05) is 31.9 Å².